The van der Waals surface area contributed by atoms with Gasteiger partial charge in [-0.05, 0) is 38.0 Å². The molecule has 0 saturated heterocycles. The van der Waals surface area contributed by atoms with Crippen LogP contribution < -0.4 is 5.32 Å². The first-order chi connectivity index (χ1) is 9.08. The van der Waals surface area contributed by atoms with Crippen LogP contribution in [-0.2, 0) is 6.42 Å². The Hall–Kier alpha value is -1.42. The SMILES string of the molecule is CCc1cc(NC(C)c2ccc(Br)cc2)nc(C)n1. The standard InChI is InChI=1S/C15H18BrN3/c1-4-14-9-15(19-11(3)18-14)17-10(2)12-5-7-13(16)8-6-12/h5-10H,4H2,1-3H3,(H,17,18,19). The van der Waals surface area contributed by atoms with Crippen LogP contribution in [0.4, 0.5) is 5.82 Å². The third-order valence-electron chi connectivity index (χ3n) is 2.99. The molecule has 1 aromatic heterocycles. The molecule has 0 aliphatic heterocycles. The molecule has 1 N–H and O–H groups in total. The number of hydrogen-bond acceptors (Lipinski definition) is 3. The van der Waals surface area contributed by atoms with Crippen molar-refractivity contribution in [2.45, 2.75) is 33.2 Å². The van der Waals surface area contributed by atoms with E-state index in [1.54, 1.807) is 0 Å². The van der Waals surface area contributed by atoms with Crippen LogP contribution in [0.5, 0.6) is 0 Å². The van der Waals surface area contributed by atoms with Crippen LogP contribution in [0.15, 0.2) is 34.8 Å². The van der Waals surface area contributed by atoms with Gasteiger partial charge in [0.1, 0.15) is 11.6 Å². The van der Waals surface area contributed by atoms with Crippen molar-refractivity contribution >= 4 is 21.7 Å². The molecule has 0 radical (unpaired) electrons. The van der Waals surface area contributed by atoms with Crippen molar-refractivity contribution in [1.29, 1.82) is 0 Å². The third-order valence-corrected chi connectivity index (χ3v) is 3.52. The van der Waals surface area contributed by atoms with Crippen LogP contribution in [0.1, 0.15) is 37.0 Å². The summed E-state index contributed by atoms with van der Waals surface area (Å²) in [5.41, 5.74) is 2.30. The number of nitrogens with one attached hydrogen (secondary N) is 1. The number of halogens is 1. The Balaban J connectivity index is 2.16. The number of anilines is 1. The molecule has 1 aromatic carbocycles. The summed E-state index contributed by atoms with van der Waals surface area (Å²) in [4.78, 5) is 8.82. The molecule has 0 fully saturated rings. The van der Waals surface area contributed by atoms with Crippen LogP contribution in [0.25, 0.3) is 0 Å². The molecule has 3 nitrogen and oxygen atoms in total. The number of nitrogens with zero attached hydrogens (tertiary/aromatic N) is 2. The second-order valence-electron chi connectivity index (χ2n) is 4.56. The normalized spacial score (nSPS) is 12.2. The van der Waals surface area contributed by atoms with E-state index in [4.69, 9.17) is 0 Å². The summed E-state index contributed by atoms with van der Waals surface area (Å²) in [5, 5.41) is 3.43. The fourth-order valence-electron chi connectivity index (χ4n) is 1.94. The Bertz CT molecular complexity index is 552. The van der Waals surface area contributed by atoms with Gasteiger partial charge in [0.15, 0.2) is 0 Å². The van der Waals surface area contributed by atoms with E-state index in [2.05, 4.69) is 69.3 Å². The minimum absolute atomic E-state index is 0.215. The smallest absolute Gasteiger partial charge is 0.130 e. The van der Waals surface area contributed by atoms with E-state index in [-0.39, 0.29) is 6.04 Å². The maximum atomic E-state index is 4.43. The van der Waals surface area contributed by atoms with Gasteiger partial charge in [-0.15, -0.1) is 0 Å². The summed E-state index contributed by atoms with van der Waals surface area (Å²) < 4.78 is 1.09. The highest BCUT2D eigenvalue weighted by molar-refractivity contribution is 9.10. The Morgan fingerprint density at radius 2 is 1.89 bits per heavy atom. The fourth-order valence-corrected chi connectivity index (χ4v) is 2.21. The molecule has 1 atom stereocenters. The predicted octanol–water partition coefficient (Wildman–Crippen LogP) is 4.28. The molecule has 0 spiro atoms. The first-order valence-electron chi connectivity index (χ1n) is 6.45. The molecule has 0 saturated carbocycles. The van der Waals surface area contributed by atoms with Gasteiger partial charge in [-0.1, -0.05) is 35.0 Å². The minimum atomic E-state index is 0.215. The topological polar surface area (TPSA) is 37.8 Å². The maximum absolute atomic E-state index is 4.43. The Kier molecular flexibility index (Phi) is 4.53. The van der Waals surface area contributed by atoms with Gasteiger partial charge in [-0.25, -0.2) is 9.97 Å². The second-order valence-corrected chi connectivity index (χ2v) is 5.48. The second kappa shape index (κ2) is 6.15. The molecule has 100 valence electrons. The molecule has 0 aliphatic rings. The van der Waals surface area contributed by atoms with E-state index >= 15 is 0 Å². The van der Waals surface area contributed by atoms with E-state index in [1.807, 2.05) is 13.0 Å². The molecule has 0 bridgehead atoms. The van der Waals surface area contributed by atoms with Crippen LogP contribution in [0, 0.1) is 6.92 Å². The molecular formula is C15H18BrN3. The van der Waals surface area contributed by atoms with E-state index < -0.39 is 0 Å². The molecule has 0 amide bonds. The zero-order chi connectivity index (χ0) is 13.8. The summed E-state index contributed by atoms with van der Waals surface area (Å²) in [7, 11) is 0. The lowest BCUT2D eigenvalue weighted by Crippen LogP contribution is -2.09. The number of aryl methyl sites for hydroxylation is 2. The van der Waals surface area contributed by atoms with Crippen LogP contribution in [0.2, 0.25) is 0 Å². The molecule has 0 aliphatic carbocycles. The summed E-state index contributed by atoms with van der Waals surface area (Å²) in [6.45, 7) is 6.16. The first-order valence-corrected chi connectivity index (χ1v) is 7.24. The number of aromatic nitrogens is 2. The van der Waals surface area contributed by atoms with Gasteiger partial charge in [-0.3, -0.25) is 0 Å². The molecule has 1 unspecified atom stereocenters. The lowest BCUT2D eigenvalue weighted by atomic mass is 10.1. The summed E-state index contributed by atoms with van der Waals surface area (Å²) in [6.07, 6.45) is 0.921. The zero-order valence-corrected chi connectivity index (χ0v) is 13.0. The van der Waals surface area contributed by atoms with Crippen molar-refractivity contribution in [3.05, 3.63) is 51.9 Å². The van der Waals surface area contributed by atoms with Crippen molar-refractivity contribution in [3.63, 3.8) is 0 Å². The minimum Gasteiger partial charge on any atom is -0.363 e. The Morgan fingerprint density at radius 1 is 1.21 bits per heavy atom. The van der Waals surface area contributed by atoms with Gasteiger partial charge in [0.25, 0.3) is 0 Å². The van der Waals surface area contributed by atoms with Crippen LogP contribution in [-0.4, -0.2) is 9.97 Å². The summed E-state index contributed by atoms with van der Waals surface area (Å²) >= 11 is 3.45. The Morgan fingerprint density at radius 3 is 2.53 bits per heavy atom. The van der Waals surface area contributed by atoms with Gasteiger partial charge in [-0.2, -0.15) is 0 Å². The first kappa shape index (κ1) is 14.0. The van der Waals surface area contributed by atoms with E-state index in [0.717, 1.165) is 28.2 Å². The van der Waals surface area contributed by atoms with Crippen molar-refractivity contribution in [2.75, 3.05) is 5.32 Å². The maximum Gasteiger partial charge on any atom is 0.130 e. The summed E-state index contributed by atoms with van der Waals surface area (Å²) in [6, 6.07) is 10.6. The van der Waals surface area contributed by atoms with Crippen LogP contribution >= 0.6 is 15.9 Å². The van der Waals surface area contributed by atoms with Gasteiger partial charge < -0.3 is 5.32 Å². The molecule has 2 rings (SSSR count). The highest BCUT2D eigenvalue weighted by atomic mass is 79.9. The average molecular weight is 320 g/mol. The van der Waals surface area contributed by atoms with Crippen molar-refractivity contribution in [1.82, 2.24) is 9.97 Å². The van der Waals surface area contributed by atoms with Gasteiger partial charge in [0, 0.05) is 22.3 Å². The lowest BCUT2D eigenvalue weighted by Gasteiger charge is -2.16. The Labute approximate surface area is 122 Å². The van der Waals surface area contributed by atoms with Crippen LogP contribution in [0.3, 0.4) is 0 Å². The average Bonchev–Trinajstić information content (AvgIpc) is 2.38. The largest absolute Gasteiger partial charge is 0.363 e. The number of hydrogen-bond donors (Lipinski definition) is 1. The third kappa shape index (κ3) is 3.77. The van der Waals surface area contributed by atoms with Gasteiger partial charge in [0.05, 0.1) is 0 Å². The zero-order valence-electron chi connectivity index (χ0n) is 11.4. The monoisotopic (exact) mass is 319 g/mol. The molecule has 2 aromatic rings. The van der Waals surface area contributed by atoms with Crippen molar-refractivity contribution in [3.8, 4) is 0 Å². The number of benzene rings is 1. The van der Waals surface area contributed by atoms with Crippen molar-refractivity contribution < 1.29 is 0 Å². The highest BCUT2D eigenvalue weighted by Crippen LogP contribution is 2.20. The lowest BCUT2D eigenvalue weighted by molar-refractivity contribution is 0.858. The van der Waals surface area contributed by atoms with Gasteiger partial charge in [0.2, 0.25) is 0 Å². The highest BCUT2D eigenvalue weighted by Gasteiger charge is 2.07. The van der Waals surface area contributed by atoms with E-state index in [9.17, 15) is 0 Å². The number of rotatable bonds is 4. The van der Waals surface area contributed by atoms with E-state index in [0.29, 0.717) is 0 Å². The summed E-state index contributed by atoms with van der Waals surface area (Å²) in [5.74, 6) is 1.70. The molecule has 1 heterocycles. The van der Waals surface area contributed by atoms with Crippen molar-refractivity contribution in [2.24, 2.45) is 0 Å². The van der Waals surface area contributed by atoms with E-state index in [1.165, 1.54) is 5.56 Å². The molecular weight excluding hydrogens is 302 g/mol. The molecule has 19 heavy (non-hydrogen) atoms. The molecule has 4 heteroatoms. The quantitative estimate of drug-likeness (QED) is 0.913. The van der Waals surface area contributed by atoms with Gasteiger partial charge >= 0.3 is 0 Å². The fraction of sp³-hybridized carbons (Fsp3) is 0.333. The predicted molar refractivity (Wildman–Crippen MR) is 82.3 cm³/mol.